The van der Waals surface area contributed by atoms with E-state index in [9.17, 15) is 14.4 Å². The van der Waals surface area contributed by atoms with Crippen molar-refractivity contribution in [2.24, 2.45) is 0 Å². The summed E-state index contributed by atoms with van der Waals surface area (Å²) < 4.78 is 15.4. The lowest BCUT2D eigenvalue weighted by atomic mass is 10.1. The number of piperazine rings is 1. The van der Waals surface area contributed by atoms with Gasteiger partial charge in [0.05, 0.1) is 27.4 Å². The Morgan fingerprint density at radius 2 is 1.56 bits per heavy atom. The van der Waals surface area contributed by atoms with Crippen LogP contribution in [0, 0.1) is 0 Å². The highest BCUT2D eigenvalue weighted by Gasteiger charge is 2.25. The van der Waals surface area contributed by atoms with Crippen molar-refractivity contribution in [2.45, 2.75) is 6.92 Å². The van der Waals surface area contributed by atoms with Crippen molar-refractivity contribution in [1.29, 1.82) is 0 Å². The third-order valence-corrected chi connectivity index (χ3v) is 4.21. The highest BCUT2D eigenvalue weighted by atomic mass is 16.6. The topological polar surface area (TPSA) is 97.4 Å². The first-order valence-electron chi connectivity index (χ1n) is 8.70. The first-order chi connectivity index (χ1) is 13.0. The number of nitrogens with one attached hydrogen (secondary N) is 1. The molecule has 0 unspecified atom stereocenters. The molecule has 1 fully saturated rings. The number of hydrogen-bond donors (Lipinski definition) is 1. The minimum absolute atomic E-state index is 0.153. The Hall–Kier alpha value is -2.97. The van der Waals surface area contributed by atoms with Gasteiger partial charge in [-0.1, -0.05) is 6.07 Å². The van der Waals surface area contributed by atoms with E-state index in [1.165, 1.54) is 14.2 Å². The van der Waals surface area contributed by atoms with Crippen molar-refractivity contribution in [3.05, 3.63) is 23.8 Å². The molecule has 0 saturated carbocycles. The molecule has 0 radical (unpaired) electrons. The monoisotopic (exact) mass is 379 g/mol. The Labute approximate surface area is 158 Å². The Kier molecular flexibility index (Phi) is 7.27. The Balaban J connectivity index is 1.90. The molecule has 148 valence electrons. The minimum Gasteiger partial charge on any atom is -0.496 e. The van der Waals surface area contributed by atoms with Gasteiger partial charge in [0.25, 0.3) is 5.91 Å². The van der Waals surface area contributed by atoms with Crippen LogP contribution in [0.1, 0.15) is 17.3 Å². The first kappa shape index (κ1) is 20.3. The van der Waals surface area contributed by atoms with E-state index >= 15 is 0 Å². The standard InChI is InChI=1S/C18H25N3O6/c1-4-27-18(24)21-10-8-20(9-11-21)15(22)12-19-17(23)16-13(25-2)6-5-7-14(16)26-3/h5-7H,4,8-12H2,1-3H3,(H,19,23). The van der Waals surface area contributed by atoms with Crippen LogP contribution >= 0.6 is 0 Å². The fourth-order valence-corrected chi connectivity index (χ4v) is 2.78. The fraction of sp³-hybridized carbons (Fsp3) is 0.500. The second-order valence-corrected chi connectivity index (χ2v) is 5.79. The molecular formula is C18H25N3O6. The molecule has 27 heavy (non-hydrogen) atoms. The summed E-state index contributed by atoms with van der Waals surface area (Å²) in [6.45, 7) is 3.50. The molecule has 2 rings (SSSR count). The molecule has 1 aromatic rings. The van der Waals surface area contributed by atoms with Gasteiger partial charge in [0.1, 0.15) is 17.1 Å². The second-order valence-electron chi connectivity index (χ2n) is 5.79. The van der Waals surface area contributed by atoms with Crippen molar-refractivity contribution in [2.75, 3.05) is 53.6 Å². The first-order valence-corrected chi connectivity index (χ1v) is 8.70. The summed E-state index contributed by atoms with van der Waals surface area (Å²) in [5.41, 5.74) is 0.238. The van der Waals surface area contributed by atoms with E-state index in [0.717, 1.165) is 0 Å². The summed E-state index contributed by atoms with van der Waals surface area (Å²) >= 11 is 0. The van der Waals surface area contributed by atoms with E-state index < -0.39 is 5.91 Å². The van der Waals surface area contributed by atoms with Crippen LogP contribution in [0.5, 0.6) is 11.5 Å². The molecule has 0 atom stereocenters. The van der Waals surface area contributed by atoms with E-state index in [2.05, 4.69) is 5.32 Å². The number of carbonyl (C=O) groups excluding carboxylic acids is 3. The summed E-state index contributed by atoms with van der Waals surface area (Å²) in [5, 5.41) is 2.60. The number of amides is 3. The number of hydrogen-bond acceptors (Lipinski definition) is 6. The van der Waals surface area contributed by atoms with Gasteiger partial charge in [0, 0.05) is 26.2 Å². The van der Waals surface area contributed by atoms with Crippen molar-refractivity contribution in [1.82, 2.24) is 15.1 Å². The number of benzene rings is 1. The average molecular weight is 379 g/mol. The van der Waals surface area contributed by atoms with Crippen LogP contribution in [-0.2, 0) is 9.53 Å². The normalized spacial score (nSPS) is 13.7. The summed E-state index contributed by atoms with van der Waals surface area (Å²) in [5.74, 6) is 0.0493. The number of methoxy groups -OCH3 is 2. The summed E-state index contributed by atoms with van der Waals surface area (Å²) in [6.07, 6.45) is -0.374. The Bertz CT molecular complexity index is 663. The minimum atomic E-state index is -0.456. The number of nitrogens with zero attached hydrogens (tertiary/aromatic N) is 2. The molecular weight excluding hydrogens is 354 g/mol. The zero-order valence-corrected chi connectivity index (χ0v) is 15.8. The van der Waals surface area contributed by atoms with Crippen LogP contribution in [-0.4, -0.2) is 81.3 Å². The predicted molar refractivity (Wildman–Crippen MR) is 97.1 cm³/mol. The van der Waals surface area contributed by atoms with Crippen molar-refractivity contribution < 1.29 is 28.6 Å². The van der Waals surface area contributed by atoms with Crippen LogP contribution in [0.3, 0.4) is 0 Å². The zero-order valence-electron chi connectivity index (χ0n) is 15.8. The van der Waals surface area contributed by atoms with Gasteiger partial charge >= 0.3 is 6.09 Å². The quantitative estimate of drug-likeness (QED) is 0.783. The van der Waals surface area contributed by atoms with Gasteiger partial charge in [0.2, 0.25) is 5.91 Å². The van der Waals surface area contributed by atoms with Gasteiger partial charge in [-0.25, -0.2) is 4.79 Å². The highest BCUT2D eigenvalue weighted by molar-refractivity contribution is 6.01. The molecule has 1 aromatic carbocycles. The molecule has 9 heteroatoms. The van der Waals surface area contributed by atoms with Crippen LogP contribution in [0.2, 0.25) is 0 Å². The van der Waals surface area contributed by atoms with Crippen molar-refractivity contribution in [3.63, 3.8) is 0 Å². The molecule has 1 aliphatic heterocycles. The molecule has 3 amide bonds. The number of carbonyl (C=O) groups is 3. The zero-order chi connectivity index (χ0) is 19.8. The van der Waals surface area contributed by atoms with Crippen molar-refractivity contribution in [3.8, 4) is 11.5 Å². The maximum absolute atomic E-state index is 12.5. The molecule has 1 aliphatic rings. The van der Waals surface area contributed by atoms with Crippen LogP contribution < -0.4 is 14.8 Å². The lowest BCUT2D eigenvalue weighted by molar-refractivity contribution is -0.131. The van der Waals surface area contributed by atoms with Gasteiger partial charge in [0.15, 0.2) is 0 Å². The van der Waals surface area contributed by atoms with Gasteiger partial charge in [-0.3, -0.25) is 9.59 Å². The maximum Gasteiger partial charge on any atom is 0.409 e. The average Bonchev–Trinajstić information content (AvgIpc) is 2.71. The highest BCUT2D eigenvalue weighted by Crippen LogP contribution is 2.27. The maximum atomic E-state index is 12.5. The molecule has 0 spiro atoms. The van der Waals surface area contributed by atoms with Gasteiger partial charge in [-0.15, -0.1) is 0 Å². The number of ether oxygens (including phenoxy) is 3. The van der Waals surface area contributed by atoms with Gasteiger partial charge < -0.3 is 29.3 Å². The Morgan fingerprint density at radius 1 is 1.00 bits per heavy atom. The summed E-state index contributed by atoms with van der Waals surface area (Å²) in [6, 6.07) is 5.00. The molecule has 9 nitrogen and oxygen atoms in total. The van der Waals surface area contributed by atoms with Crippen LogP contribution in [0.4, 0.5) is 4.79 Å². The van der Waals surface area contributed by atoms with E-state index in [0.29, 0.717) is 44.3 Å². The largest absolute Gasteiger partial charge is 0.496 e. The molecule has 0 aromatic heterocycles. The lowest BCUT2D eigenvalue weighted by Gasteiger charge is -2.34. The van der Waals surface area contributed by atoms with Gasteiger partial charge in [-0.05, 0) is 19.1 Å². The van der Waals surface area contributed by atoms with E-state index in [4.69, 9.17) is 14.2 Å². The second kappa shape index (κ2) is 9.65. The third kappa shape index (κ3) is 5.02. The summed E-state index contributed by atoms with van der Waals surface area (Å²) in [4.78, 5) is 39.7. The van der Waals surface area contributed by atoms with Crippen molar-refractivity contribution >= 4 is 17.9 Å². The molecule has 0 bridgehead atoms. The Morgan fingerprint density at radius 3 is 2.07 bits per heavy atom. The molecule has 1 N–H and O–H groups in total. The smallest absolute Gasteiger partial charge is 0.409 e. The van der Waals surface area contributed by atoms with E-state index in [-0.39, 0.29) is 24.1 Å². The molecule has 1 saturated heterocycles. The van der Waals surface area contributed by atoms with Gasteiger partial charge in [-0.2, -0.15) is 0 Å². The molecule has 0 aliphatic carbocycles. The van der Waals surface area contributed by atoms with E-state index in [1.807, 2.05) is 0 Å². The summed E-state index contributed by atoms with van der Waals surface area (Å²) in [7, 11) is 2.92. The van der Waals surface area contributed by atoms with E-state index in [1.54, 1.807) is 34.9 Å². The number of rotatable bonds is 6. The predicted octanol–water partition coefficient (Wildman–Crippen LogP) is 0.734. The third-order valence-electron chi connectivity index (χ3n) is 4.21. The fourth-order valence-electron chi connectivity index (χ4n) is 2.78. The lowest BCUT2D eigenvalue weighted by Crippen LogP contribution is -2.52. The SMILES string of the molecule is CCOC(=O)N1CCN(C(=O)CNC(=O)c2c(OC)cccc2OC)CC1. The van der Waals surface area contributed by atoms with Crippen LogP contribution in [0.15, 0.2) is 18.2 Å². The molecule has 1 heterocycles. The van der Waals surface area contributed by atoms with Crippen LogP contribution in [0.25, 0.3) is 0 Å².